The van der Waals surface area contributed by atoms with Crippen molar-refractivity contribution in [3.05, 3.63) is 145 Å². The third-order valence-electron chi connectivity index (χ3n) is 4.96. The van der Waals surface area contributed by atoms with E-state index >= 15 is 0 Å². The Morgan fingerprint density at radius 3 is 1.72 bits per heavy atom. The second-order valence-electron chi connectivity index (χ2n) is 6.83. The van der Waals surface area contributed by atoms with Gasteiger partial charge in [0.15, 0.2) is 8.07 Å². The molecule has 0 atom stereocenters. The van der Waals surface area contributed by atoms with Gasteiger partial charge in [-0.05, 0) is 38.8 Å². The van der Waals surface area contributed by atoms with E-state index in [1.807, 2.05) is 0 Å². The van der Waals surface area contributed by atoms with Crippen molar-refractivity contribution in [2.24, 2.45) is 0 Å². The van der Waals surface area contributed by atoms with Crippen molar-refractivity contribution in [2.45, 2.75) is 6.92 Å². The summed E-state index contributed by atoms with van der Waals surface area (Å²) >= 11 is 0. The summed E-state index contributed by atoms with van der Waals surface area (Å²) in [5.41, 5.74) is -0.563. The molecule has 0 nitrogen and oxygen atoms in total. The van der Waals surface area contributed by atoms with Crippen LogP contribution in [-0.4, -0.2) is 8.07 Å². The lowest BCUT2D eigenvalue weighted by atomic mass is 10.1. The molecule has 0 saturated carbocycles. The lowest BCUT2D eigenvalue weighted by Crippen LogP contribution is -2.74. The summed E-state index contributed by atoms with van der Waals surface area (Å²) in [6.45, 7) is 1.29. The van der Waals surface area contributed by atoms with E-state index in [1.165, 1.54) is 31.2 Å². The second-order valence-corrected chi connectivity index (χ2v) is 10.4. The second kappa shape index (κ2) is 8.82. The standard InChI is InChI=1S/C31H26Si/c1-25-13-11-21-30(23-25)32(28-17-7-3-8-18-28,29-19-9-4-10-20-29)31-22-12-16-27(24-31)26-14-5-2-6-15-26/h2-24H,1H3/i2D,3D,4D,5D,6D,7D,8D,9D,10D,11D,13D,14D,15D,17D,18D,19D,20D,21D,23D. The Bertz CT molecular complexity index is 2050. The van der Waals surface area contributed by atoms with E-state index in [1.54, 1.807) is 0 Å². The Hall–Kier alpha value is -3.68. The van der Waals surface area contributed by atoms with Crippen molar-refractivity contribution in [3.63, 3.8) is 0 Å². The molecule has 0 unspecified atom stereocenters. The zero-order valence-corrected chi connectivity index (χ0v) is 17.8. The summed E-state index contributed by atoms with van der Waals surface area (Å²) in [5.74, 6) is 0. The Morgan fingerprint density at radius 1 is 0.531 bits per heavy atom. The molecule has 0 bridgehead atoms. The van der Waals surface area contributed by atoms with Crippen molar-refractivity contribution in [3.8, 4) is 11.1 Å². The molecule has 0 radical (unpaired) electrons. The van der Waals surface area contributed by atoms with E-state index in [9.17, 15) is 2.74 Å². The first kappa shape index (κ1) is 8.02. The van der Waals surface area contributed by atoms with Crippen LogP contribution in [0.1, 0.15) is 31.6 Å². The van der Waals surface area contributed by atoms with Gasteiger partial charge in [0, 0.05) is 0 Å². The highest BCUT2D eigenvalue weighted by atomic mass is 28.3. The lowest BCUT2D eigenvalue weighted by Gasteiger charge is -2.35. The largest absolute Gasteiger partial charge is 0.179 e. The number of benzene rings is 5. The third kappa shape index (κ3) is 3.61. The Kier molecular flexibility index (Phi) is 2.21. The van der Waals surface area contributed by atoms with Gasteiger partial charge in [0.05, 0.1) is 26.0 Å². The first-order valence-electron chi connectivity index (χ1n) is 19.1. The van der Waals surface area contributed by atoms with Crippen LogP contribution < -0.4 is 20.7 Å². The maximum atomic E-state index is 9.30. The van der Waals surface area contributed by atoms with Gasteiger partial charge in [0.1, 0.15) is 0 Å². The number of hydrogen-bond acceptors (Lipinski definition) is 0. The first-order valence-corrected chi connectivity index (χ1v) is 11.6. The summed E-state index contributed by atoms with van der Waals surface area (Å²) in [7, 11) is -5.29. The fraction of sp³-hybridized carbons (Fsp3) is 0.0323. The van der Waals surface area contributed by atoms with E-state index in [0.29, 0.717) is 0 Å². The van der Waals surface area contributed by atoms with Crippen LogP contribution >= 0.6 is 0 Å². The third-order valence-corrected chi connectivity index (χ3v) is 9.14. The molecule has 0 N–H and O–H groups in total. The SMILES string of the molecule is [2H]c1c([2H])c([2H])c(-c2cccc([Si](c3c([2H])c([2H])c([2H])c([2H])c3[2H])(c3c([2H])c([2H])c([2H])c([2H])c3[2H])c3c([2H])c([2H])c([2H])c(C)c3[2H])c2)c([2H])c1[2H]. The van der Waals surface area contributed by atoms with Crippen molar-refractivity contribution < 1.29 is 26.0 Å². The molecule has 0 amide bonds. The minimum Gasteiger partial charge on any atom is -0.0623 e. The average Bonchev–Trinajstić information content (AvgIpc) is 3.11. The Labute approximate surface area is 218 Å². The minimum absolute atomic E-state index is 0.0703. The summed E-state index contributed by atoms with van der Waals surface area (Å²) < 4.78 is 165. The Balaban J connectivity index is 2.24. The molecule has 0 aliphatic heterocycles. The van der Waals surface area contributed by atoms with Crippen molar-refractivity contribution in [1.29, 1.82) is 0 Å². The maximum Gasteiger partial charge on any atom is 0.179 e. The molecule has 0 saturated heterocycles. The normalized spacial score (nSPS) is 19.6. The Morgan fingerprint density at radius 2 is 1.09 bits per heavy atom. The van der Waals surface area contributed by atoms with Gasteiger partial charge in [-0.15, -0.1) is 0 Å². The topological polar surface area (TPSA) is 0 Å². The zero-order chi connectivity index (χ0) is 38.3. The van der Waals surface area contributed by atoms with Crippen LogP contribution in [-0.2, 0) is 0 Å². The fourth-order valence-electron chi connectivity index (χ4n) is 3.61. The molecule has 0 aliphatic carbocycles. The molecule has 0 heterocycles. The summed E-state index contributed by atoms with van der Waals surface area (Å²) in [5, 5.41) is -1.92. The van der Waals surface area contributed by atoms with E-state index in [4.69, 9.17) is 23.3 Å². The van der Waals surface area contributed by atoms with Crippen LogP contribution in [0.4, 0.5) is 0 Å². The molecule has 0 aliphatic rings. The highest BCUT2D eigenvalue weighted by Crippen LogP contribution is 2.19. The molecule has 5 aromatic carbocycles. The van der Waals surface area contributed by atoms with Crippen LogP contribution in [0, 0.1) is 6.92 Å². The highest BCUT2D eigenvalue weighted by Gasteiger charge is 2.41. The van der Waals surface area contributed by atoms with Crippen LogP contribution in [0.15, 0.2) is 139 Å². The average molecular weight is 446 g/mol. The van der Waals surface area contributed by atoms with Crippen molar-refractivity contribution in [1.82, 2.24) is 0 Å². The quantitative estimate of drug-likeness (QED) is 0.263. The first-order chi connectivity index (χ1) is 23.7. The van der Waals surface area contributed by atoms with Gasteiger partial charge in [-0.25, -0.2) is 0 Å². The van der Waals surface area contributed by atoms with Gasteiger partial charge < -0.3 is 0 Å². The molecule has 154 valence electrons. The molecule has 0 aromatic heterocycles. The van der Waals surface area contributed by atoms with Crippen molar-refractivity contribution in [2.75, 3.05) is 0 Å². The molecular weight excluding hydrogens is 400 g/mol. The van der Waals surface area contributed by atoms with Gasteiger partial charge in [-0.3, -0.25) is 0 Å². The van der Waals surface area contributed by atoms with E-state index in [0.717, 1.165) is 0 Å². The fourth-order valence-corrected chi connectivity index (χ4v) is 7.57. The monoisotopic (exact) mass is 445 g/mol. The minimum atomic E-state index is -5.29. The van der Waals surface area contributed by atoms with Crippen LogP contribution in [0.3, 0.4) is 0 Å². The van der Waals surface area contributed by atoms with E-state index in [-0.39, 0.29) is 21.9 Å². The molecule has 32 heavy (non-hydrogen) atoms. The predicted octanol–water partition coefficient (Wildman–Crippen LogP) is 5.04. The summed E-state index contributed by atoms with van der Waals surface area (Å²) in [4.78, 5) is 0. The molecule has 0 spiro atoms. The zero-order valence-electron chi connectivity index (χ0n) is 35.8. The summed E-state index contributed by atoms with van der Waals surface area (Å²) in [6.07, 6.45) is 0. The van der Waals surface area contributed by atoms with Crippen LogP contribution in [0.5, 0.6) is 0 Å². The van der Waals surface area contributed by atoms with Gasteiger partial charge in [-0.1, -0.05) is 145 Å². The number of rotatable bonds is 5. The molecule has 0 fully saturated rings. The molecule has 5 aromatic rings. The summed E-state index contributed by atoms with van der Waals surface area (Å²) in [6, 6.07) is -9.48. The van der Waals surface area contributed by atoms with Gasteiger partial charge in [0.2, 0.25) is 0 Å². The smallest absolute Gasteiger partial charge is 0.0623 e. The highest BCUT2D eigenvalue weighted by molar-refractivity contribution is 7.19. The van der Waals surface area contributed by atoms with Crippen LogP contribution in [0.25, 0.3) is 11.1 Å². The molecule has 5 rings (SSSR count). The van der Waals surface area contributed by atoms with Gasteiger partial charge in [0.25, 0.3) is 0 Å². The predicted molar refractivity (Wildman–Crippen MR) is 140 cm³/mol. The van der Waals surface area contributed by atoms with Gasteiger partial charge >= 0.3 is 0 Å². The van der Waals surface area contributed by atoms with E-state index in [2.05, 4.69) is 0 Å². The number of hydrogen-bond donors (Lipinski definition) is 0. The molecular formula is C31H26Si. The van der Waals surface area contributed by atoms with Gasteiger partial charge in [-0.2, -0.15) is 0 Å². The van der Waals surface area contributed by atoms with Crippen molar-refractivity contribution >= 4 is 28.8 Å². The molecule has 1 heteroatoms. The maximum absolute atomic E-state index is 9.30. The van der Waals surface area contributed by atoms with E-state index < -0.39 is 138 Å². The lowest BCUT2D eigenvalue weighted by molar-refractivity contribution is 1.49. The van der Waals surface area contributed by atoms with Crippen LogP contribution in [0.2, 0.25) is 0 Å².